The lowest BCUT2D eigenvalue weighted by atomic mass is 10.2. The van der Waals surface area contributed by atoms with E-state index in [4.69, 9.17) is 9.47 Å². The zero-order valence-electron chi connectivity index (χ0n) is 15.2. The third-order valence-corrected chi connectivity index (χ3v) is 5.54. The summed E-state index contributed by atoms with van der Waals surface area (Å²) in [6.07, 6.45) is 1.80. The minimum Gasteiger partial charge on any atom is -0.496 e. The molecule has 0 N–H and O–H groups in total. The largest absolute Gasteiger partial charge is 0.496 e. The van der Waals surface area contributed by atoms with Crippen LogP contribution >= 0.6 is 27.3 Å². The summed E-state index contributed by atoms with van der Waals surface area (Å²) < 4.78 is 13.6. The third kappa shape index (κ3) is 3.53. The molecule has 2 aromatic carbocycles. The lowest BCUT2D eigenvalue weighted by Gasteiger charge is -2.04. The Balaban J connectivity index is 1.75. The fraction of sp³-hybridized carbons (Fsp3) is 0.150. The van der Waals surface area contributed by atoms with Gasteiger partial charge in [0.25, 0.3) is 5.56 Å². The van der Waals surface area contributed by atoms with Gasteiger partial charge in [-0.15, -0.1) is 5.10 Å². The topological polar surface area (TPSA) is 65.7 Å². The van der Waals surface area contributed by atoms with Gasteiger partial charge >= 0.3 is 0 Å². The first kappa shape index (κ1) is 18.6. The molecule has 142 valence electrons. The van der Waals surface area contributed by atoms with E-state index < -0.39 is 0 Å². The summed E-state index contributed by atoms with van der Waals surface area (Å²) in [5, 5.41) is 4.38. The second-order valence-corrected chi connectivity index (χ2v) is 7.81. The van der Waals surface area contributed by atoms with Crippen molar-refractivity contribution in [3.63, 3.8) is 0 Å². The van der Waals surface area contributed by atoms with E-state index in [2.05, 4.69) is 26.0 Å². The maximum atomic E-state index is 12.8. The van der Waals surface area contributed by atoms with Crippen molar-refractivity contribution in [2.75, 3.05) is 13.7 Å². The molecule has 0 aliphatic heterocycles. The van der Waals surface area contributed by atoms with Crippen molar-refractivity contribution in [3.8, 4) is 22.9 Å². The number of hydrogen-bond donors (Lipinski definition) is 0. The van der Waals surface area contributed by atoms with Gasteiger partial charge in [-0.3, -0.25) is 4.79 Å². The number of rotatable bonds is 5. The van der Waals surface area contributed by atoms with E-state index in [0.29, 0.717) is 27.7 Å². The van der Waals surface area contributed by atoms with Crippen LogP contribution in [0.1, 0.15) is 12.5 Å². The summed E-state index contributed by atoms with van der Waals surface area (Å²) in [4.78, 5) is 17.8. The van der Waals surface area contributed by atoms with Gasteiger partial charge in [-0.1, -0.05) is 27.3 Å². The highest BCUT2D eigenvalue weighted by molar-refractivity contribution is 9.10. The van der Waals surface area contributed by atoms with E-state index in [1.54, 1.807) is 13.2 Å². The smallest absolute Gasteiger partial charge is 0.291 e. The summed E-state index contributed by atoms with van der Waals surface area (Å²) in [6.45, 7) is 2.55. The predicted molar refractivity (Wildman–Crippen MR) is 113 cm³/mol. The molecule has 0 aliphatic rings. The number of nitrogens with zero attached hydrogens (tertiary/aromatic N) is 3. The first-order valence-electron chi connectivity index (χ1n) is 8.57. The van der Waals surface area contributed by atoms with Crippen LogP contribution in [0, 0.1) is 0 Å². The normalized spacial score (nSPS) is 11.9. The summed E-state index contributed by atoms with van der Waals surface area (Å²) in [6, 6.07) is 13.1. The molecule has 0 spiro atoms. The Morgan fingerprint density at radius 2 is 2.00 bits per heavy atom. The van der Waals surface area contributed by atoms with E-state index in [1.807, 2.05) is 49.4 Å². The molecule has 0 atom stereocenters. The molecule has 28 heavy (non-hydrogen) atoms. The summed E-state index contributed by atoms with van der Waals surface area (Å²) in [7, 11) is 1.60. The van der Waals surface area contributed by atoms with Crippen molar-refractivity contribution in [3.05, 3.63) is 67.4 Å². The van der Waals surface area contributed by atoms with Gasteiger partial charge in [0, 0.05) is 15.6 Å². The molecule has 4 aromatic rings. The molecule has 0 aliphatic carbocycles. The quantitative estimate of drug-likeness (QED) is 0.458. The van der Waals surface area contributed by atoms with Crippen molar-refractivity contribution in [1.82, 2.24) is 14.6 Å². The Bertz CT molecular complexity index is 1250. The van der Waals surface area contributed by atoms with E-state index in [0.717, 1.165) is 21.3 Å². The van der Waals surface area contributed by atoms with Gasteiger partial charge in [0.1, 0.15) is 11.5 Å². The van der Waals surface area contributed by atoms with Crippen LogP contribution in [0.15, 0.2) is 51.7 Å². The minimum atomic E-state index is -0.202. The fourth-order valence-corrected chi connectivity index (χ4v) is 4.06. The number of halogens is 1. The minimum absolute atomic E-state index is 0.202. The number of ether oxygens (including phenoxy) is 2. The average molecular weight is 458 g/mol. The van der Waals surface area contributed by atoms with E-state index in [-0.39, 0.29) is 5.56 Å². The van der Waals surface area contributed by atoms with Crippen molar-refractivity contribution in [1.29, 1.82) is 0 Å². The van der Waals surface area contributed by atoms with Gasteiger partial charge in [-0.2, -0.15) is 9.50 Å². The third-order valence-electron chi connectivity index (χ3n) is 4.08. The van der Waals surface area contributed by atoms with Gasteiger partial charge in [-0.25, -0.2) is 0 Å². The van der Waals surface area contributed by atoms with Crippen molar-refractivity contribution in [2.24, 2.45) is 0 Å². The van der Waals surface area contributed by atoms with Crippen LogP contribution < -0.4 is 19.6 Å². The first-order valence-corrected chi connectivity index (χ1v) is 10.2. The molecule has 6 nitrogen and oxygen atoms in total. The number of aromatic nitrogens is 3. The molecule has 0 amide bonds. The van der Waals surface area contributed by atoms with E-state index >= 15 is 0 Å². The Labute approximate surface area is 173 Å². The van der Waals surface area contributed by atoms with Gasteiger partial charge < -0.3 is 9.47 Å². The van der Waals surface area contributed by atoms with Gasteiger partial charge in [0.05, 0.1) is 18.2 Å². The molecular formula is C20H16BrN3O3S. The number of fused-ring (bicyclic) bond motifs is 1. The van der Waals surface area contributed by atoms with Crippen LogP contribution in [0.4, 0.5) is 0 Å². The van der Waals surface area contributed by atoms with Gasteiger partial charge in [-0.05, 0) is 55.5 Å². The Hall–Kier alpha value is -2.71. The van der Waals surface area contributed by atoms with Crippen molar-refractivity contribution >= 4 is 38.3 Å². The second kappa shape index (κ2) is 7.73. The molecule has 8 heteroatoms. The molecule has 4 rings (SSSR count). The van der Waals surface area contributed by atoms with Crippen molar-refractivity contribution < 1.29 is 9.47 Å². The molecule has 0 unspecified atom stereocenters. The number of thiazole rings is 1. The molecule has 0 fully saturated rings. The molecule has 0 bridgehead atoms. The van der Waals surface area contributed by atoms with E-state index in [1.165, 1.54) is 15.9 Å². The molecule has 0 saturated carbocycles. The van der Waals surface area contributed by atoms with Crippen LogP contribution in [0.3, 0.4) is 0 Å². The summed E-state index contributed by atoms with van der Waals surface area (Å²) in [5.74, 6) is 1.99. The second-order valence-electron chi connectivity index (χ2n) is 5.89. The zero-order valence-corrected chi connectivity index (χ0v) is 17.6. The van der Waals surface area contributed by atoms with Gasteiger partial charge in [0.2, 0.25) is 4.96 Å². The molecular weight excluding hydrogens is 442 g/mol. The highest BCUT2D eigenvalue weighted by Crippen LogP contribution is 2.24. The standard InChI is InChI=1S/C20H16BrN3O3S/c1-3-27-15-7-4-12(5-8-15)18-22-20-24(23-18)19(25)17(28-20)11-13-10-14(21)6-9-16(13)26-2/h4-11H,3H2,1-2H3/b17-11-. The SMILES string of the molecule is CCOc1ccc(-c2nc3s/c(=C\c4cc(Br)ccc4OC)c(=O)n3n2)cc1. The maximum absolute atomic E-state index is 12.8. The van der Waals surface area contributed by atoms with Crippen LogP contribution in [-0.2, 0) is 0 Å². The van der Waals surface area contributed by atoms with Crippen LogP contribution in [0.25, 0.3) is 22.4 Å². The molecule has 2 heterocycles. The monoisotopic (exact) mass is 457 g/mol. The zero-order chi connectivity index (χ0) is 19.7. The maximum Gasteiger partial charge on any atom is 0.291 e. The van der Waals surface area contributed by atoms with Crippen LogP contribution in [0.5, 0.6) is 11.5 Å². The molecule has 0 saturated heterocycles. The first-order chi connectivity index (χ1) is 13.6. The van der Waals surface area contributed by atoms with Crippen LogP contribution in [0.2, 0.25) is 0 Å². The lowest BCUT2D eigenvalue weighted by Crippen LogP contribution is -2.23. The molecule has 0 radical (unpaired) electrons. The van der Waals surface area contributed by atoms with E-state index in [9.17, 15) is 4.79 Å². The lowest BCUT2D eigenvalue weighted by molar-refractivity contribution is 0.340. The Kier molecular flexibility index (Phi) is 5.15. The summed E-state index contributed by atoms with van der Waals surface area (Å²) in [5.41, 5.74) is 1.44. The fourth-order valence-electron chi connectivity index (χ4n) is 2.78. The number of methoxy groups -OCH3 is 1. The predicted octanol–water partition coefficient (Wildman–Crippen LogP) is 3.54. The number of benzene rings is 2. The van der Waals surface area contributed by atoms with Crippen LogP contribution in [-0.4, -0.2) is 28.3 Å². The Morgan fingerprint density at radius 3 is 2.68 bits per heavy atom. The highest BCUT2D eigenvalue weighted by atomic mass is 79.9. The Morgan fingerprint density at radius 1 is 1.21 bits per heavy atom. The van der Waals surface area contributed by atoms with Crippen molar-refractivity contribution in [2.45, 2.75) is 6.92 Å². The average Bonchev–Trinajstić information content (AvgIpc) is 3.23. The summed E-state index contributed by atoms with van der Waals surface area (Å²) >= 11 is 4.74. The number of hydrogen-bond acceptors (Lipinski definition) is 6. The highest BCUT2D eigenvalue weighted by Gasteiger charge is 2.13. The molecule has 2 aromatic heterocycles. The van der Waals surface area contributed by atoms with Gasteiger partial charge in [0.15, 0.2) is 5.82 Å².